The fraction of sp³-hybridized carbons (Fsp3) is 0.406. The highest BCUT2D eigenvalue weighted by Crippen LogP contribution is 2.40. The number of aliphatic hydroxyl groups is 1. The van der Waals surface area contributed by atoms with Crippen LogP contribution in [0.15, 0.2) is 60.9 Å². The molecule has 0 aliphatic rings. The molecule has 34 heavy (non-hydrogen) atoms. The van der Waals surface area contributed by atoms with E-state index in [0.717, 1.165) is 30.4 Å². The molecule has 0 aliphatic carbocycles. The average Bonchev–Trinajstić information content (AvgIpc) is 2.89. The summed E-state index contributed by atoms with van der Waals surface area (Å²) in [5.41, 5.74) is 7.48. The van der Waals surface area contributed by atoms with E-state index in [-0.39, 0.29) is 5.41 Å². The van der Waals surface area contributed by atoms with E-state index < -0.39 is 5.60 Å². The van der Waals surface area contributed by atoms with Gasteiger partial charge in [0.1, 0.15) is 5.60 Å². The maximum absolute atomic E-state index is 10.5. The number of nitrogens with zero attached hydrogens (tertiary/aromatic N) is 1. The number of hydrogen-bond donors (Lipinski definition) is 1. The fourth-order valence-electron chi connectivity index (χ4n) is 4.77. The number of hydrogen-bond acceptors (Lipinski definition) is 2. The second-order valence-electron chi connectivity index (χ2n) is 9.32. The molecule has 2 aromatic carbocycles. The summed E-state index contributed by atoms with van der Waals surface area (Å²) in [7, 11) is 0. The van der Waals surface area contributed by atoms with Gasteiger partial charge in [-0.25, -0.2) is 0 Å². The molecule has 2 nitrogen and oxygen atoms in total. The standard InChI is InChI=1S/C32H39NO/c1-7-25-21-28(23-33-22-25)27-13-15-29(16-14-27)32(10-4,11-5)30-17-12-26(24(6)20-30)18-19-31(34,8-2)9-3/h12-17,20-23,34H,7-11H2,1-6H3. The molecule has 0 atom stereocenters. The lowest BCUT2D eigenvalue weighted by Gasteiger charge is -2.34. The molecule has 2 heteroatoms. The molecule has 0 unspecified atom stereocenters. The minimum absolute atomic E-state index is 0.0493. The summed E-state index contributed by atoms with van der Waals surface area (Å²) >= 11 is 0. The minimum Gasteiger partial charge on any atom is -0.378 e. The first kappa shape index (κ1) is 25.7. The Morgan fingerprint density at radius 3 is 1.97 bits per heavy atom. The van der Waals surface area contributed by atoms with Crippen LogP contribution in [0, 0.1) is 18.8 Å². The summed E-state index contributed by atoms with van der Waals surface area (Å²) in [6.45, 7) is 12.8. The summed E-state index contributed by atoms with van der Waals surface area (Å²) in [5, 5.41) is 10.5. The molecule has 0 saturated heterocycles. The molecular weight excluding hydrogens is 414 g/mol. The van der Waals surface area contributed by atoms with Crippen molar-refractivity contribution in [1.82, 2.24) is 4.98 Å². The van der Waals surface area contributed by atoms with Gasteiger partial charge in [0.05, 0.1) is 0 Å². The number of aryl methyl sites for hydroxylation is 2. The van der Waals surface area contributed by atoms with Gasteiger partial charge in [-0.1, -0.05) is 82.9 Å². The molecule has 0 fully saturated rings. The highest BCUT2D eigenvalue weighted by molar-refractivity contribution is 5.64. The van der Waals surface area contributed by atoms with Crippen LogP contribution in [-0.4, -0.2) is 15.7 Å². The van der Waals surface area contributed by atoms with Gasteiger partial charge in [0.25, 0.3) is 0 Å². The lowest BCUT2D eigenvalue weighted by atomic mass is 9.70. The van der Waals surface area contributed by atoms with Crippen LogP contribution in [-0.2, 0) is 11.8 Å². The van der Waals surface area contributed by atoms with Crippen LogP contribution in [0.5, 0.6) is 0 Å². The summed E-state index contributed by atoms with van der Waals surface area (Å²) in [4.78, 5) is 4.42. The molecule has 178 valence electrons. The molecule has 0 spiro atoms. The Kier molecular flexibility index (Phi) is 8.34. The Morgan fingerprint density at radius 2 is 1.41 bits per heavy atom. The highest BCUT2D eigenvalue weighted by Gasteiger charge is 2.31. The topological polar surface area (TPSA) is 33.1 Å². The van der Waals surface area contributed by atoms with Gasteiger partial charge in [-0.05, 0) is 79.0 Å². The van der Waals surface area contributed by atoms with Crippen molar-refractivity contribution in [3.8, 4) is 23.0 Å². The Hall–Kier alpha value is -2.89. The number of pyridine rings is 1. The smallest absolute Gasteiger partial charge is 0.125 e. The van der Waals surface area contributed by atoms with Crippen LogP contribution in [0.3, 0.4) is 0 Å². The first-order valence-corrected chi connectivity index (χ1v) is 12.8. The Balaban J connectivity index is 1.97. The van der Waals surface area contributed by atoms with E-state index in [9.17, 15) is 5.11 Å². The molecule has 0 saturated carbocycles. The van der Waals surface area contributed by atoms with Crippen LogP contribution >= 0.6 is 0 Å². The van der Waals surface area contributed by atoms with Gasteiger partial charge in [0.15, 0.2) is 0 Å². The van der Waals surface area contributed by atoms with Crippen molar-refractivity contribution >= 4 is 0 Å². The van der Waals surface area contributed by atoms with Gasteiger partial charge in [-0.3, -0.25) is 4.98 Å². The van der Waals surface area contributed by atoms with E-state index in [2.05, 4.69) is 93.1 Å². The number of rotatable bonds is 8. The van der Waals surface area contributed by atoms with Crippen molar-refractivity contribution in [2.24, 2.45) is 0 Å². The number of benzene rings is 2. The zero-order valence-corrected chi connectivity index (χ0v) is 21.7. The lowest BCUT2D eigenvalue weighted by molar-refractivity contribution is 0.0931. The molecule has 0 amide bonds. The SMILES string of the molecule is CCc1cncc(-c2ccc(C(CC)(CC)c3ccc(C#CC(O)(CC)CC)c(C)c3)cc2)c1. The third-order valence-electron chi connectivity index (χ3n) is 7.56. The van der Waals surface area contributed by atoms with Crippen molar-refractivity contribution in [2.45, 2.75) is 84.7 Å². The van der Waals surface area contributed by atoms with Gasteiger partial charge in [0.2, 0.25) is 0 Å². The van der Waals surface area contributed by atoms with Gasteiger partial charge >= 0.3 is 0 Å². The molecule has 0 radical (unpaired) electrons. The first-order chi connectivity index (χ1) is 16.3. The van der Waals surface area contributed by atoms with Crippen molar-refractivity contribution in [3.05, 3.63) is 88.7 Å². The van der Waals surface area contributed by atoms with E-state index in [1.165, 1.54) is 27.8 Å². The Morgan fingerprint density at radius 1 is 0.765 bits per heavy atom. The molecular formula is C32H39NO. The second-order valence-corrected chi connectivity index (χ2v) is 9.32. The van der Waals surface area contributed by atoms with Crippen molar-refractivity contribution in [1.29, 1.82) is 0 Å². The number of aromatic nitrogens is 1. The zero-order valence-electron chi connectivity index (χ0n) is 21.7. The quantitative estimate of drug-likeness (QED) is 0.356. The van der Waals surface area contributed by atoms with E-state index in [1.807, 2.05) is 26.2 Å². The van der Waals surface area contributed by atoms with Gasteiger partial charge in [-0.15, -0.1) is 0 Å². The first-order valence-electron chi connectivity index (χ1n) is 12.8. The Labute approximate surface area is 206 Å². The van der Waals surface area contributed by atoms with Crippen LogP contribution in [0.2, 0.25) is 0 Å². The maximum atomic E-state index is 10.5. The summed E-state index contributed by atoms with van der Waals surface area (Å²) in [5.74, 6) is 6.34. The predicted molar refractivity (Wildman–Crippen MR) is 144 cm³/mol. The molecule has 0 aliphatic heterocycles. The van der Waals surface area contributed by atoms with E-state index >= 15 is 0 Å². The van der Waals surface area contributed by atoms with E-state index in [1.54, 1.807) is 0 Å². The normalized spacial score (nSPS) is 11.7. The van der Waals surface area contributed by atoms with Crippen molar-refractivity contribution in [3.63, 3.8) is 0 Å². The summed E-state index contributed by atoms with van der Waals surface area (Å²) in [6.07, 6.45) is 8.19. The van der Waals surface area contributed by atoms with Crippen LogP contribution in [0.25, 0.3) is 11.1 Å². The van der Waals surface area contributed by atoms with Crippen molar-refractivity contribution < 1.29 is 5.11 Å². The largest absolute Gasteiger partial charge is 0.378 e. The maximum Gasteiger partial charge on any atom is 0.125 e. The molecule has 0 bridgehead atoms. The van der Waals surface area contributed by atoms with E-state index in [0.29, 0.717) is 12.8 Å². The minimum atomic E-state index is -0.907. The molecule has 1 aromatic heterocycles. The monoisotopic (exact) mass is 453 g/mol. The fourth-order valence-corrected chi connectivity index (χ4v) is 4.77. The third-order valence-corrected chi connectivity index (χ3v) is 7.56. The highest BCUT2D eigenvalue weighted by atomic mass is 16.3. The molecule has 1 N–H and O–H groups in total. The van der Waals surface area contributed by atoms with Crippen molar-refractivity contribution in [2.75, 3.05) is 0 Å². The van der Waals surface area contributed by atoms with E-state index in [4.69, 9.17) is 0 Å². The molecule has 3 aromatic rings. The lowest BCUT2D eigenvalue weighted by Crippen LogP contribution is -2.26. The van der Waals surface area contributed by atoms with Gasteiger partial charge in [-0.2, -0.15) is 0 Å². The molecule has 3 rings (SSSR count). The third kappa shape index (κ3) is 5.26. The zero-order chi connectivity index (χ0) is 24.8. The predicted octanol–water partition coefficient (Wildman–Crippen LogP) is 7.63. The van der Waals surface area contributed by atoms with Crippen LogP contribution in [0.1, 0.15) is 88.1 Å². The van der Waals surface area contributed by atoms with Crippen LogP contribution in [0.4, 0.5) is 0 Å². The van der Waals surface area contributed by atoms with Gasteiger partial charge < -0.3 is 5.11 Å². The average molecular weight is 454 g/mol. The Bertz CT molecular complexity index is 1160. The summed E-state index contributed by atoms with van der Waals surface area (Å²) < 4.78 is 0. The van der Waals surface area contributed by atoms with Crippen LogP contribution < -0.4 is 0 Å². The molecule has 1 heterocycles. The second kappa shape index (κ2) is 11.0. The van der Waals surface area contributed by atoms with Gasteiger partial charge in [0, 0.05) is 28.9 Å². The summed E-state index contributed by atoms with van der Waals surface area (Å²) in [6, 6.07) is 17.9.